The Morgan fingerprint density at radius 2 is 1.95 bits per heavy atom. The lowest BCUT2D eigenvalue weighted by Crippen LogP contribution is -2.57. The van der Waals surface area contributed by atoms with E-state index in [1.54, 1.807) is 4.57 Å². The lowest BCUT2D eigenvalue weighted by atomic mass is 9.66. The van der Waals surface area contributed by atoms with Gasteiger partial charge in [-0.2, -0.15) is 0 Å². The second-order valence-electron chi connectivity index (χ2n) is 12.6. The minimum Gasteiger partial charge on any atom is -0.351 e. The van der Waals surface area contributed by atoms with Gasteiger partial charge in [0.15, 0.2) is 0 Å². The van der Waals surface area contributed by atoms with Crippen molar-refractivity contribution in [2.75, 3.05) is 6.54 Å². The van der Waals surface area contributed by atoms with Crippen LogP contribution in [0, 0.1) is 40.9 Å². The highest BCUT2D eigenvalue weighted by Gasteiger charge is 2.44. The number of halogens is 3. The predicted molar refractivity (Wildman–Crippen MR) is 141 cm³/mol. The molecular weight excluding hydrogens is 496 g/mol. The first-order valence-corrected chi connectivity index (χ1v) is 14.9. The maximum atomic E-state index is 14.1. The Balaban J connectivity index is 1.31. The van der Waals surface area contributed by atoms with Gasteiger partial charge in [0.25, 0.3) is 0 Å². The van der Waals surface area contributed by atoms with Crippen molar-refractivity contribution in [3.05, 3.63) is 18.0 Å². The third-order valence-electron chi connectivity index (χ3n) is 9.80. The predicted octanol–water partition coefficient (Wildman–Crippen LogP) is 4.32. The minimum atomic E-state index is -0.827. The molecule has 5 rings (SSSR count). The molecule has 37 heavy (non-hydrogen) atoms. The summed E-state index contributed by atoms with van der Waals surface area (Å²) in [6.07, 6.45) is 9.44. The van der Waals surface area contributed by atoms with Crippen LogP contribution in [0.5, 0.6) is 0 Å². The van der Waals surface area contributed by atoms with Gasteiger partial charge in [-0.1, -0.05) is 6.92 Å². The third kappa shape index (κ3) is 6.26. The summed E-state index contributed by atoms with van der Waals surface area (Å²) in [6, 6.07) is 0.166. The first-order valence-electron chi connectivity index (χ1n) is 14.4. The SMILES string of the molecule is CC1CC([C@@H](NC(=O)C2CC(Cn3ccn(C)c3=N)CC(C3CCC(F)CC3Cl)C2)C2CC2)NCC1F. The number of alkyl halides is 3. The van der Waals surface area contributed by atoms with E-state index in [1.807, 2.05) is 30.9 Å². The van der Waals surface area contributed by atoms with Gasteiger partial charge in [-0.25, -0.2) is 8.78 Å². The molecule has 3 saturated carbocycles. The highest BCUT2D eigenvalue weighted by Crippen LogP contribution is 2.45. The van der Waals surface area contributed by atoms with Gasteiger partial charge in [0, 0.05) is 55.9 Å². The highest BCUT2D eigenvalue weighted by molar-refractivity contribution is 6.20. The zero-order chi connectivity index (χ0) is 26.3. The summed E-state index contributed by atoms with van der Waals surface area (Å²) in [4.78, 5) is 13.8. The molecule has 1 aromatic heterocycles. The monoisotopic (exact) mass is 539 g/mol. The lowest BCUT2D eigenvalue weighted by molar-refractivity contribution is -0.129. The van der Waals surface area contributed by atoms with Crippen LogP contribution in [0.4, 0.5) is 8.78 Å². The van der Waals surface area contributed by atoms with E-state index in [4.69, 9.17) is 17.0 Å². The zero-order valence-corrected chi connectivity index (χ0v) is 23.0. The molecule has 208 valence electrons. The first kappa shape index (κ1) is 27.2. The molecule has 4 fully saturated rings. The summed E-state index contributed by atoms with van der Waals surface area (Å²) in [6.45, 7) is 3.03. The molecule has 0 radical (unpaired) electrons. The molecule has 3 N–H and O–H groups in total. The smallest absolute Gasteiger partial charge is 0.223 e. The molecule has 1 saturated heterocycles. The van der Waals surface area contributed by atoms with Crippen molar-refractivity contribution in [1.29, 1.82) is 5.41 Å². The highest BCUT2D eigenvalue weighted by atomic mass is 35.5. The van der Waals surface area contributed by atoms with Gasteiger partial charge < -0.3 is 19.8 Å². The van der Waals surface area contributed by atoms with E-state index in [1.165, 1.54) is 0 Å². The summed E-state index contributed by atoms with van der Waals surface area (Å²) in [5, 5.41) is 15.0. The number of nitrogens with zero attached hydrogens (tertiary/aromatic N) is 2. The molecule has 1 aromatic rings. The molecule has 9 heteroatoms. The summed E-state index contributed by atoms with van der Waals surface area (Å²) in [5.74, 6) is 1.23. The average Bonchev–Trinajstić information content (AvgIpc) is 3.66. The topological polar surface area (TPSA) is 74.8 Å². The second-order valence-corrected chi connectivity index (χ2v) is 13.2. The maximum absolute atomic E-state index is 14.1. The minimum absolute atomic E-state index is 0.00101. The Hall–Kier alpha value is -1.41. The fraction of sp³-hybridized carbons (Fsp3) is 0.857. The summed E-state index contributed by atoms with van der Waals surface area (Å²) in [5.41, 5.74) is 0.453. The van der Waals surface area contributed by atoms with Crippen LogP contribution in [-0.4, -0.2) is 51.4 Å². The standard InChI is InChI=1S/C28H44ClF2N5O/c1-16-9-25(33-14-24(16)31)26(18-3-4-18)34-27(37)20-11-17(15-36-8-7-35(2)28(36)32)10-19(12-20)22-6-5-21(30)13-23(22)29/h7-8,16-26,32-33H,3-6,9-15H2,1-2H3,(H,34,37)/t16?,17?,19?,20?,21?,22?,23?,24?,25?,26-/m0/s1. The number of imidazole rings is 1. The fourth-order valence-electron chi connectivity index (χ4n) is 7.42. The van der Waals surface area contributed by atoms with Crippen LogP contribution >= 0.6 is 11.6 Å². The van der Waals surface area contributed by atoms with E-state index in [0.717, 1.165) is 44.9 Å². The Morgan fingerprint density at radius 1 is 1.16 bits per heavy atom. The van der Waals surface area contributed by atoms with E-state index < -0.39 is 12.3 Å². The molecule has 3 aliphatic carbocycles. The Morgan fingerprint density at radius 3 is 2.59 bits per heavy atom. The van der Waals surface area contributed by atoms with Crippen LogP contribution in [0.15, 0.2) is 12.4 Å². The van der Waals surface area contributed by atoms with Crippen molar-refractivity contribution in [2.24, 2.45) is 42.6 Å². The summed E-state index contributed by atoms with van der Waals surface area (Å²) < 4.78 is 31.9. The molecule has 1 amide bonds. The van der Waals surface area contributed by atoms with E-state index in [2.05, 4.69) is 10.6 Å². The number of aromatic nitrogens is 2. The number of hydrogen-bond acceptors (Lipinski definition) is 3. The van der Waals surface area contributed by atoms with Crippen molar-refractivity contribution in [3.63, 3.8) is 0 Å². The molecule has 2 heterocycles. The number of nitrogens with one attached hydrogen (secondary N) is 3. The number of rotatable bonds is 7. The molecule has 0 spiro atoms. The lowest BCUT2D eigenvalue weighted by Gasteiger charge is -2.43. The quantitative estimate of drug-likeness (QED) is 0.452. The van der Waals surface area contributed by atoms with Gasteiger partial charge in [-0.3, -0.25) is 10.2 Å². The maximum Gasteiger partial charge on any atom is 0.223 e. The number of amides is 1. The average molecular weight is 540 g/mol. The normalized spacial score (nSPS) is 39.8. The van der Waals surface area contributed by atoms with Crippen LogP contribution in [0.2, 0.25) is 0 Å². The molecule has 9 unspecified atom stereocenters. The van der Waals surface area contributed by atoms with Gasteiger partial charge in [0.05, 0.1) is 0 Å². The Bertz CT molecular complexity index is 995. The largest absolute Gasteiger partial charge is 0.351 e. The number of carbonyl (C=O) groups excluding carboxylic acids is 1. The molecular formula is C28H44ClF2N5O. The first-order chi connectivity index (χ1) is 17.7. The van der Waals surface area contributed by atoms with Gasteiger partial charge in [-0.05, 0) is 87.4 Å². The molecule has 0 aromatic carbocycles. The number of hydrogen-bond donors (Lipinski definition) is 3. The van der Waals surface area contributed by atoms with Crippen LogP contribution in [0.3, 0.4) is 0 Å². The van der Waals surface area contributed by atoms with E-state index in [-0.39, 0.29) is 53.0 Å². The zero-order valence-electron chi connectivity index (χ0n) is 22.2. The van der Waals surface area contributed by atoms with Crippen LogP contribution in [-0.2, 0) is 18.4 Å². The Kier molecular flexibility index (Phi) is 8.35. The van der Waals surface area contributed by atoms with E-state index in [9.17, 15) is 13.6 Å². The van der Waals surface area contributed by atoms with Crippen LogP contribution in [0.1, 0.15) is 64.7 Å². The van der Waals surface area contributed by atoms with E-state index >= 15 is 0 Å². The second kappa shape index (κ2) is 11.4. The van der Waals surface area contributed by atoms with Crippen LogP contribution < -0.4 is 16.3 Å². The number of piperidine rings is 1. The molecule has 10 atom stereocenters. The van der Waals surface area contributed by atoms with E-state index in [0.29, 0.717) is 37.5 Å². The molecule has 4 aliphatic rings. The van der Waals surface area contributed by atoms with Gasteiger partial charge >= 0.3 is 0 Å². The summed E-state index contributed by atoms with van der Waals surface area (Å²) in [7, 11) is 1.87. The number of carbonyl (C=O) groups is 1. The van der Waals surface area contributed by atoms with Crippen molar-refractivity contribution in [3.8, 4) is 0 Å². The summed E-state index contributed by atoms with van der Waals surface area (Å²) >= 11 is 6.72. The van der Waals surface area contributed by atoms with Gasteiger partial charge in [0.2, 0.25) is 11.5 Å². The van der Waals surface area contributed by atoms with Crippen molar-refractivity contribution < 1.29 is 13.6 Å². The molecule has 1 aliphatic heterocycles. The van der Waals surface area contributed by atoms with Crippen molar-refractivity contribution >= 4 is 17.5 Å². The van der Waals surface area contributed by atoms with Crippen LogP contribution in [0.25, 0.3) is 0 Å². The molecule has 6 nitrogen and oxygen atoms in total. The molecule has 0 bridgehead atoms. The van der Waals surface area contributed by atoms with Crippen molar-refractivity contribution in [2.45, 2.75) is 101 Å². The van der Waals surface area contributed by atoms with Gasteiger partial charge in [-0.15, -0.1) is 11.6 Å². The number of aryl methyl sites for hydroxylation is 1. The fourth-order valence-corrected chi connectivity index (χ4v) is 7.95. The van der Waals surface area contributed by atoms with Crippen molar-refractivity contribution in [1.82, 2.24) is 19.8 Å². The van der Waals surface area contributed by atoms with Gasteiger partial charge in [0.1, 0.15) is 12.3 Å². The third-order valence-corrected chi connectivity index (χ3v) is 10.3. The Labute approximate surface area is 224 Å².